The summed E-state index contributed by atoms with van der Waals surface area (Å²) in [5.41, 5.74) is 0. The first kappa shape index (κ1) is 30.5. The van der Waals surface area contributed by atoms with Crippen LogP contribution in [0, 0.1) is 34.1 Å². The number of imidazole rings is 2. The third-order valence-electron chi connectivity index (χ3n) is 6.54. The molecule has 0 saturated carbocycles. The van der Waals surface area contributed by atoms with Crippen LogP contribution in [0.25, 0.3) is 0 Å². The van der Waals surface area contributed by atoms with E-state index in [4.69, 9.17) is 18.9 Å². The highest BCUT2D eigenvalue weighted by atomic mass is 16.7. The first-order valence-electron chi connectivity index (χ1n) is 12.7. The SMILES string of the molecule is CO[C@H]1O[C@H](CO)[C@@H](O)[C@H](OCCCCn2cc([N+](=O)[O-])nc2C)[C@H]1OCCCCn1cc([N+](=O)[O-])nc1C. The minimum absolute atomic E-state index is 0.195. The molecule has 1 saturated heterocycles. The Hall–Kier alpha value is -3.02. The molecule has 2 N–H and O–H groups in total. The fourth-order valence-corrected chi connectivity index (χ4v) is 4.42. The molecule has 1 aliphatic rings. The third kappa shape index (κ3) is 8.00. The maximum Gasteiger partial charge on any atom is 0.381 e. The van der Waals surface area contributed by atoms with E-state index in [1.807, 2.05) is 0 Å². The van der Waals surface area contributed by atoms with Gasteiger partial charge in [0.1, 0.15) is 36.8 Å². The van der Waals surface area contributed by atoms with Gasteiger partial charge in [-0.05, 0) is 45.5 Å². The van der Waals surface area contributed by atoms with Gasteiger partial charge in [0.25, 0.3) is 0 Å². The van der Waals surface area contributed by atoms with E-state index in [9.17, 15) is 30.4 Å². The lowest BCUT2D eigenvalue weighted by molar-refractivity contribution is -0.389. The Kier molecular flexibility index (Phi) is 11.3. The van der Waals surface area contributed by atoms with Crippen molar-refractivity contribution in [3.63, 3.8) is 0 Å². The molecule has 3 heterocycles. The molecule has 0 radical (unpaired) electrons. The van der Waals surface area contributed by atoms with Gasteiger partial charge in [0.15, 0.2) is 6.29 Å². The number of nitrogens with zero attached hydrogens (tertiary/aromatic N) is 6. The van der Waals surface area contributed by atoms with Crippen LogP contribution in [-0.4, -0.2) is 96.8 Å². The average Bonchev–Trinajstić information content (AvgIpc) is 3.47. The normalized spacial score (nSPS) is 23.3. The smallest absolute Gasteiger partial charge is 0.381 e. The predicted octanol–water partition coefficient (Wildman–Crippen LogP) is 1.27. The Morgan fingerprint density at radius 3 is 1.82 bits per heavy atom. The molecule has 0 amide bonds. The first-order chi connectivity index (χ1) is 18.7. The van der Waals surface area contributed by atoms with Gasteiger partial charge in [-0.1, -0.05) is 0 Å². The fraction of sp³-hybridized carbons (Fsp3) is 0.739. The second-order valence-electron chi connectivity index (χ2n) is 9.23. The van der Waals surface area contributed by atoms with Gasteiger partial charge in [-0.2, -0.15) is 0 Å². The van der Waals surface area contributed by atoms with Crippen molar-refractivity contribution in [1.82, 2.24) is 19.1 Å². The molecular formula is C23H36N6O10. The van der Waals surface area contributed by atoms with Gasteiger partial charge in [-0.25, -0.2) is 0 Å². The number of hydrogen-bond donors (Lipinski definition) is 2. The van der Waals surface area contributed by atoms with Gasteiger partial charge in [-0.3, -0.25) is 0 Å². The molecule has 2 aromatic rings. The molecule has 2 aromatic heterocycles. The number of hydrogen-bond acceptors (Lipinski definition) is 12. The number of methoxy groups -OCH3 is 1. The Balaban J connectivity index is 1.50. The van der Waals surface area contributed by atoms with Gasteiger partial charge >= 0.3 is 11.6 Å². The Bertz CT molecular complexity index is 1090. The minimum Gasteiger partial charge on any atom is -0.394 e. The molecule has 218 valence electrons. The van der Waals surface area contributed by atoms with Gasteiger partial charge in [0.05, 0.1) is 6.61 Å². The minimum atomic E-state index is -1.15. The highest BCUT2D eigenvalue weighted by molar-refractivity contribution is 5.17. The molecule has 16 nitrogen and oxygen atoms in total. The number of nitro groups is 2. The zero-order valence-electron chi connectivity index (χ0n) is 22.2. The quantitative estimate of drug-likeness (QED) is 0.171. The molecule has 16 heteroatoms. The third-order valence-corrected chi connectivity index (χ3v) is 6.54. The molecule has 5 atom stereocenters. The molecule has 0 unspecified atom stereocenters. The van der Waals surface area contributed by atoms with Crippen molar-refractivity contribution in [2.24, 2.45) is 0 Å². The Morgan fingerprint density at radius 1 is 0.923 bits per heavy atom. The van der Waals surface area contributed by atoms with Crippen LogP contribution in [-0.2, 0) is 32.0 Å². The van der Waals surface area contributed by atoms with Crippen LogP contribution in [0.5, 0.6) is 0 Å². The second-order valence-corrected chi connectivity index (χ2v) is 9.23. The number of unbranched alkanes of at least 4 members (excludes halogenated alkanes) is 2. The van der Waals surface area contributed by atoms with Crippen molar-refractivity contribution in [2.75, 3.05) is 26.9 Å². The highest BCUT2D eigenvalue weighted by Gasteiger charge is 2.46. The van der Waals surface area contributed by atoms with E-state index in [-0.39, 0.29) is 18.2 Å². The monoisotopic (exact) mass is 556 g/mol. The maximum absolute atomic E-state index is 10.9. The van der Waals surface area contributed by atoms with Gasteiger partial charge in [-0.15, -0.1) is 0 Å². The summed E-state index contributed by atoms with van der Waals surface area (Å²) in [7, 11) is 1.44. The van der Waals surface area contributed by atoms with Crippen LogP contribution in [0.4, 0.5) is 11.6 Å². The van der Waals surface area contributed by atoms with Crippen LogP contribution < -0.4 is 0 Å². The summed E-state index contributed by atoms with van der Waals surface area (Å²) in [4.78, 5) is 28.6. The molecule has 0 aromatic carbocycles. The average molecular weight is 557 g/mol. The van der Waals surface area contributed by atoms with E-state index in [2.05, 4.69) is 9.97 Å². The van der Waals surface area contributed by atoms with Crippen LogP contribution in [0.3, 0.4) is 0 Å². The number of ether oxygens (including phenoxy) is 4. The molecular weight excluding hydrogens is 520 g/mol. The van der Waals surface area contributed by atoms with Crippen LogP contribution in [0.1, 0.15) is 37.3 Å². The van der Waals surface area contributed by atoms with Crippen molar-refractivity contribution < 1.29 is 39.0 Å². The molecule has 39 heavy (non-hydrogen) atoms. The van der Waals surface area contributed by atoms with E-state index in [1.165, 1.54) is 19.5 Å². The zero-order valence-corrected chi connectivity index (χ0v) is 22.2. The molecule has 0 spiro atoms. The fourth-order valence-electron chi connectivity index (χ4n) is 4.42. The standard InChI is InChI=1S/C23H36N6O10/c1-15-24-18(28(32)33)12-26(15)8-4-6-10-37-21-20(31)17(14-30)39-23(36-3)22(21)38-11-7-5-9-27-13-19(29(34)35)25-16(27)2/h12-13,17,20-23,30-31H,4-11,14H2,1-3H3/t17-,20-,21+,22-,23+/m1/s1. The summed E-state index contributed by atoms with van der Waals surface area (Å²) in [6.07, 6.45) is 0.805. The summed E-state index contributed by atoms with van der Waals surface area (Å²) in [5, 5.41) is 42.2. The lowest BCUT2D eigenvalue weighted by Crippen LogP contribution is -2.60. The molecule has 1 fully saturated rings. The molecule has 0 aliphatic carbocycles. The van der Waals surface area contributed by atoms with E-state index in [0.29, 0.717) is 57.0 Å². The van der Waals surface area contributed by atoms with Crippen molar-refractivity contribution in [3.8, 4) is 0 Å². The van der Waals surface area contributed by atoms with Crippen LogP contribution in [0.2, 0.25) is 0 Å². The van der Waals surface area contributed by atoms with Crippen LogP contribution in [0.15, 0.2) is 12.4 Å². The predicted molar refractivity (Wildman–Crippen MR) is 134 cm³/mol. The molecule has 1 aliphatic heterocycles. The maximum atomic E-state index is 10.9. The lowest BCUT2D eigenvalue weighted by atomic mass is 9.98. The van der Waals surface area contributed by atoms with Crippen molar-refractivity contribution in [1.29, 1.82) is 0 Å². The Labute approximate surface area is 224 Å². The van der Waals surface area contributed by atoms with E-state index < -0.39 is 47.2 Å². The summed E-state index contributed by atoms with van der Waals surface area (Å²) in [6, 6.07) is 0. The summed E-state index contributed by atoms with van der Waals surface area (Å²) in [5.74, 6) is 0.706. The second kappa shape index (κ2) is 14.4. The summed E-state index contributed by atoms with van der Waals surface area (Å²) >= 11 is 0. The van der Waals surface area contributed by atoms with Crippen LogP contribution >= 0.6 is 0 Å². The topological polar surface area (TPSA) is 199 Å². The number of aromatic nitrogens is 4. The van der Waals surface area contributed by atoms with Crippen molar-refractivity contribution in [3.05, 3.63) is 44.3 Å². The highest BCUT2D eigenvalue weighted by Crippen LogP contribution is 2.27. The Morgan fingerprint density at radius 2 is 1.41 bits per heavy atom. The molecule has 0 bridgehead atoms. The van der Waals surface area contributed by atoms with E-state index in [0.717, 1.165) is 0 Å². The zero-order chi connectivity index (χ0) is 28.5. The number of aliphatic hydroxyl groups excluding tert-OH is 2. The largest absolute Gasteiger partial charge is 0.394 e. The van der Waals surface area contributed by atoms with Gasteiger partial charge in [0.2, 0.25) is 11.6 Å². The van der Waals surface area contributed by atoms with Gasteiger partial charge in [0, 0.05) is 47.3 Å². The number of aliphatic hydroxyl groups is 2. The summed E-state index contributed by atoms with van der Waals surface area (Å²) in [6.45, 7) is 4.58. The summed E-state index contributed by atoms with van der Waals surface area (Å²) < 4.78 is 26.5. The number of rotatable bonds is 16. The van der Waals surface area contributed by atoms with Crippen molar-refractivity contribution in [2.45, 2.75) is 83.3 Å². The number of aryl methyl sites for hydroxylation is 4. The first-order valence-corrected chi connectivity index (χ1v) is 12.7. The lowest BCUT2D eigenvalue weighted by Gasteiger charge is -2.43. The molecule has 3 rings (SSSR count). The van der Waals surface area contributed by atoms with Crippen molar-refractivity contribution >= 4 is 11.6 Å². The van der Waals surface area contributed by atoms with E-state index in [1.54, 1.807) is 23.0 Å². The van der Waals surface area contributed by atoms with E-state index >= 15 is 0 Å². The van der Waals surface area contributed by atoms with Gasteiger partial charge < -0.3 is 58.5 Å².